The second kappa shape index (κ2) is 14.7. The van der Waals surface area contributed by atoms with Gasteiger partial charge in [0.15, 0.2) is 0 Å². The summed E-state index contributed by atoms with van der Waals surface area (Å²) in [6, 6.07) is 25.3. The number of amides is 2. The zero-order chi connectivity index (χ0) is 31.9. The molecule has 4 aromatic rings. The molecule has 0 fully saturated rings. The lowest BCUT2D eigenvalue weighted by atomic mass is 10.0. The number of nitrogens with zero attached hydrogens (tertiary/aromatic N) is 2. The van der Waals surface area contributed by atoms with E-state index in [0.717, 1.165) is 34.1 Å². The Kier molecular flexibility index (Phi) is 11.0. The van der Waals surface area contributed by atoms with Gasteiger partial charge in [0, 0.05) is 29.1 Å². The smallest absolute Gasteiger partial charge is 0.264 e. The van der Waals surface area contributed by atoms with Gasteiger partial charge >= 0.3 is 0 Å². The van der Waals surface area contributed by atoms with Crippen LogP contribution in [0.5, 0.6) is 0 Å². The third-order valence-electron chi connectivity index (χ3n) is 6.78. The number of hydrogen-bond acceptors (Lipinski definition) is 4. The maximum atomic E-state index is 14.4. The van der Waals surface area contributed by atoms with Crippen molar-refractivity contribution in [1.29, 1.82) is 0 Å². The topological polar surface area (TPSA) is 86.8 Å². The maximum Gasteiger partial charge on any atom is 0.264 e. The number of para-hydroxylation sites is 1. The second-order valence-electron chi connectivity index (χ2n) is 10.4. The number of nitrogens with one attached hydrogen (secondary N) is 1. The second-order valence-corrected chi connectivity index (χ2v) is 13.1. The van der Waals surface area contributed by atoms with Gasteiger partial charge in [0.1, 0.15) is 18.4 Å². The van der Waals surface area contributed by atoms with E-state index >= 15 is 0 Å². The summed E-state index contributed by atoms with van der Waals surface area (Å²) in [6.07, 6.45) is 0.159. The van der Waals surface area contributed by atoms with Gasteiger partial charge in [0.05, 0.1) is 10.6 Å². The van der Waals surface area contributed by atoms with Crippen LogP contribution in [0.2, 0.25) is 10.0 Å². The first-order valence-electron chi connectivity index (χ1n) is 13.9. The van der Waals surface area contributed by atoms with Crippen LogP contribution in [-0.4, -0.2) is 43.8 Å². The van der Waals surface area contributed by atoms with Crippen molar-refractivity contribution < 1.29 is 22.4 Å². The van der Waals surface area contributed by atoms with Gasteiger partial charge in [0.2, 0.25) is 11.8 Å². The van der Waals surface area contributed by atoms with Gasteiger partial charge in [-0.15, -0.1) is 0 Å². The van der Waals surface area contributed by atoms with Crippen LogP contribution in [-0.2, 0) is 32.6 Å². The molecule has 4 rings (SSSR count). The molecule has 7 nitrogen and oxygen atoms in total. The van der Waals surface area contributed by atoms with Gasteiger partial charge in [0.25, 0.3) is 10.0 Å². The first-order valence-corrected chi connectivity index (χ1v) is 16.1. The Morgan fingerprint density at radius 3 is 2.07 bits per heavy atom. The molecule has 0 aliphatic rings. The van der Waals surface area contributed by atoms with E-state index in [1.807, 2.05) is 44.2 Å². The van der Waals surface area contributed by atoms with Crippen LogP contribution in [0.25, 0.3) is 0 Å². The Labute approximate surface area is 267 Å². The van der Waals surface area contributed by atoms with E-state index in [4.69, 9.17) is 23.2 Å². The van der Waals surface area contributed by atoms with E-state index in [2.05, 4.69) is 5.32 Å². The predicted molar refractivity (Wildman–Crippen MR) is 172 cm³/mol. The van der Waals surface area contributed by atoms with Gasteiger partial charge in [-0.2, -0.15) is 0 Å². The van der Waals surface area contributed by atoms with Gasteiger partial charge in [-0.05, 0) is 73.5 Å². The van der Waals surface area contributed by atoms with Crippen LogP contribution in [0.15, 0.2) is 108 Å². The fraction of sp³-hybridized carbons (Fsp3) is 0.212. The fourth-order valence-corrected chi connectivity index (χ4v) is 6.51. The molecule has 0 aromatic heterocycles. The Morgan fingerprint density at radius 1 is 0.864 bits per heavy atom. The molecule has 1 N–H and O–H groups in total. The molecular formula is C33H32Cl2FN3O4S. The summed E-state index contributed by atoms with van der Waals surface area (Å²) >= 11 is 12.6. The van der Waals surface area contributed by atoms with E-state index in [-0.39, 0.29) is 34.6 Å². The highest BCUT2D eigenvalue weighted by Gasteiger charge is 2.35. The standard InChI is InChI=1S/C33H32Cl2FN3O4S/c1-23(2)37-33(41)31(19-24-9-5-3-6-10-24)38(21-25-13-14-26(34)20-30(25)35)32(40)22-39(28-11-7-4-8-12-28)44(42,43)29-17-15-27(36)16-18-29/h3-18,20,23,31H,19,21-22H2,1-2H3,(H,37,41). The molecule has 4 aromatic carbocycles. The van der Waals surface area contributed by atoms with Gasteiger partial charge < -0.3 is 10.2 Å². The number of carbonyl (C=O) groups is 2. The Balaban J connectivity index is 1.81. The fourth-order valence-electron chi connectivity index (χ4n) is 4.62. The molecule has 0 heterocycles. The summed E-state index contributed by atoms with van der Waals surface area (Å²) in [7, 11) is -4.33. The molecule has 44 heavy (non-hydrogen) atoms. The first-order chi connectivity index (χ1) is 21.0. The normalized spacial score (nSPS) is 12.0. The SMILES string of the molecule is CC(C)NC(=O)C(Cc1ccccc1)N(Cc1ccc(Cl)cc1Cl)C(=O)CN(c1ccccc1)S(=O)(=O)c1ccc(F)cc1. The van der Waals surface area contributed by atoms with Crippen molar-refractivity contribution in [3.05, 3.63) is 130 Å². The lowest BCUT2D eigenvalue weighted by molar-refractivity contribution is -0.140. The largest absolute Gasteiger partial charge is 0.352 e. The lowest BCUT2D eigenvalue weighted by Gasteiger charge is -2.34. The molecule has 0 bridgehead atoms. The van der Waals surface area contributed by atoms with E-state index in [1.165, 1.54) is 11.0 Å². The van der Waals surface area contributed by atoms with E-state index in [1.54, 1.807) is 42.5 Å². The molecule has 1 atom stereocenters. The van der Waals surface area contributed by atoms with Crippen molar-refractivity contribution in [2.75, 3.05) is 10.8 Å². The van der Waals surface area contributed by atoms with Crippen molar-refractivity contribution in [1.82, 2.24) is 10.2 Å². The number of halogens is 3. The number of benzene rings is 4. The minimum atomic E-state index is -4.33. The summed E-state index contributed by atoms with van der Waals surface area (Å²) in [5.41, 5.74) is 1.55. The molecule has 0 radical (unpaired) electrons. The van der Waals surface area contributed by atoms with Gasteiger partial charge in [-0.3, -0.25) is 13.9 Å². The van der Waals surface area contributed by atoms with Crippen LogP contribution in [0.1, 0.15) is 25.0 Å². The minimum absolute atomic E-state index is 0.100. The van der Waals surface area contributed by atoms with Crippen LogP contribution in [0.4, 0.5) is 10.1 Å². The molecule has 0 aliphatic heterocycles. The molecule has 1 unspecified atom stereocenters. The van der Waals surface area contributed by atoms with Crippen molar-refractivity contribution in [2.24, 2.45) is 0 Å². The summed E-state index contributed by atoms with van der Waals surface area (Å²) in [6.45, 7) is 2.88. The first kappa shape index (κ1) is 33.0. The zero-order valence-electron chi connectivity index (χ0n) is 24.2. The van der Waals surface area contributed by atoms with E-state index in [9.17, 15) is 22.4 Å². The van der Waals surface area contributed by atoms with Crippen LogP contribution >= 0.6 is 23.2 Å². The molecule has 0 saturated carbocycles. The van der Waals surface area contributed by atoms with Crippen LogP contribution in [0, 0.1) is 5.82 Å². The van der Waals surface area contributed by atoms with Crippen molar-refractivity contribution in [2.45, 2.75) is 43.8 Å². The average Bonchev–Trinajstić information content (AvgIpc) is 2.99. The molecule has 0 saturated heterocycles. The van der Waals surface area contributed by atoms with Gasteiger partial charge in [-0.25, -0.2) is 12.8 Å². The zero-order valence-corrected chi connectivity index (χ0v) is 26.5. The third kappa shape index (κ3) is 8.37. The van der Waals surface area contributed by atoms with Crippen molar-refractivity contribution in [3.63, 3.8) is 0 Å². The third-order valence-corrected chi connectivity index (χ3v) is 9.16. The quantitative estimate of drug-likeness (QED) is 0.189. The van der Waals surface area contributed by atoms with Crippen molar-refractivity contribution in [3.8, 4) is 0 Å². The summed E-state index contributed by atoms with van der Waals surface area (Å²) in [5.74, 6) is -1.66. The summed E-state index contributed by atoms with van der Waals surface area (Å²) in [4.78, 5) is 29.2. The van der Waals surface area contributed by atoms with Crippen LogP contribution < -0.4 is 9.62 Å². The number of rotatable bonds is 12. The number of carbonyl (C=O) groups excluding carboxylic acids is 2. The van der Waals surface area contributed by atoms with E-state index in [0.29, 0.717) is 10.6 Å². The maximum absolute atomic E-state index is 14.4. The molecule has 0 aliphatic carbocycles. The highest BCUT2D eigenvalue weighted by molar-refractivity contribution is 7.92. The average molecular weight is 657 g/mol. The summed E-state index contributed by atoms with van der Waals surface area (Å²) < 4.78 is 42.5. The van der Waals surface area contributed by atoms with Crippen LogP contribution in [0.3, 0.4) is 0 Å². The molecule has 2 amide bonds. The minimum Gasteiger partial charge on any atom is -0.352 e. The highest BCUT2D eigenvalue weighted by atomic mass is 35.5. The predicted octanol–water partition coefficient (Wildman–Crippen LogP) is 6.49. The van der Waals surface area contributed by atoms with E-state index < -0.39 is 40.2 Å². The van der Waals surface area contributed by atoms with Gasteiger partial charge in [-0.1, -0.05) is 77.8 Å². The monoisotopic (exact) mass is 655 g/mol. The van der Waals surface area contributed by atoms with Crippen molar-refractivity contribution >= 4 is 50.7 Å². The molecule has 0 spiro atoms. The Hall–Kier alpha value is -3.92. The molecular weight excluding hydrogens is 624 g/mol. The Bertz CT molecular complexity index is 1690. The molecule has 11 heteroatoms. The Morgan fingerprint density at radius 2 is 1.48 bits per heavy atom. The lowest BCUT2D eigenvalue weighted by Crippen LogP contribution is -2.54. The highest BCUT2D eigenvalue weighted by Crippen LogP contribution is 2.27. The number of hydrogen-bond donors (Lipinski definition) is 1. The molecule has 230 valence electrons. The number of sulfonamides is 1. The number of anilines is 1. The summed E-state index contributed by atoms with van der Waals surface area (Å²) in [5, 5.41) is 3.59.